The van der Waals surface area contributed by atoms with Gasteiger partial charge in [-0.1, -0.05) is 24.2 Å². The largest absolute Gasteiger partial charge is 0.353 e. The highest BCUT2D eigenvalue weighted by atomic mass is 32.1. The van der Waals surface area contributed by atoms with Crippen molar-refractivity contribution in [3.63, 3.8) is 0 Å². The zero-order valence-corrected chi connectivity index (χ0v) is 17.1. The van der Waals surface area contributed by atoms with Crippen molar-refractivity contribution in [1.29, 1.82) is 0 Å². The van der Waals surface area contributed by atoms with Crippen LogP contribution in [0.4, 0.5) is 5.13 Å². The van der Waals surface area contributed by atoms with Crippen molar-refractivity contribution in [2.75, 3.05) is 18.0 Å². The van der Waals surface area contributed by atoms with E-state index in [0.717, 1.165) is 65.5 Å². The first kappa shape index (κ1) is 18.4. The molecule has 3 aromatic heterocycles. The summed E-state index contributed by atoms with van der Waals surface area (Å²) < 4.78 is 0. The van der Waals surface area contributed by atoms with Crippen LogP contribution in [0.2, 0.25) is 0 Å². The van der Waals surface area contributed by atoms with Gasteiger partial charge in [-0.15, -0.1) is 0 Å². The van der Waals surface area contributed by atoms with Gasteiger partial charge in [0.1, 0.15) is 16.7 Å². The van der Waals surface area contributed by atoms with Crippen molar-refractivity contribution in [2.45, 2.75) is 44.6 Å². The molecule has 150 valence electrons. The summed E-state index contributed by atoms with van der Waals surface area (Å²) in [6.07, 6.45) is 11.6. The van der Waals surface area contributed by atoms with Gasteiger partial charge in [0.15, 0.2) is 5.13 Å². The zero-order valence-electron chi connectivity index (χ0n) is 16.3. The van der Waals surface area contributed by atoms with Crippen LogP contribution in [0.15, 0.2) is 30.9 Å². The first-order valence-corrected chi connectivity index (χ1v) is 11.2. The smallest absolute Gasteiger partial charge is 0.223 e. The molecule has 0 radical (unpaired) electrons. The number of amides is 1. The lowest BCUT2D eigenvalue weighted by Crippen LogP contribution is -2.43. The Morgan fingerprint density at radius 2 is 1.79 bits per heavy atom. The maximum Gasteiger partial charge on any atom is 0.223 e. The van der Waals surface area contributed by atoms with Gasteiger partial charge in [0, 0.05) is 43.0 Å². The number of thiazole rings is 1. The highest BCUT2D eigenvalue weighted by molar-refractivity contribution is 7.21. The highest BCUT2D eigenvalue weighted by Gasteiger charge is 2.28. The van der Waals surface area contributed by atoms with Gasteiger partial charge in [0.25, 0.3) is 0 Å². The lowest BCUT2D eigenvalue weighted by Gasteiger charge is -2.31. The third-order valence-electron chi connectivity index (χ3n) is 5.94. The molecule has 4 heterocycles. The Bertz CT molecular complexity index is 993. The summed E-state index contributed by atoms with van der Waals surface area (Å²) in [5, 5.41) is 4.25. The van der Waals surface area contributed by atoms with Crippen LogP contribution in [0, 0.1) is 5.92 Å². The molecule has 0 unspecified atom stereocenters. The van der Waals surface area contributed by atoms with Gasteiger partial charge in [-0.2, -0.15) is 0 Å². The Labute approximate surface area is 173 Å². The zero-order chi connectivity index (χ0) is 19.6. The normalized spacial score (nSPS) is 18.4. The molecule has 0 spiro atoms. The van der Waals surface area contributed by atoms with Gasteiger partial charge in [-0.3, -0.25) is 4.79 Å². The Morgan fingerprint density at radius 1 is 1.03 bits per heavy atom. The van der Waals surface area contributed by atoms with E-state index in [0.29, 0.717) is 6.04 Å². The van der Waals surface area contributed by atoms with Crippen LogP contribution in [0.1, 0.15) is 38.5 Å². The summed E-state index contributed by atoms with van der Waals surface area (Å²) in [4.78, 5) is 33.4. The fourth-order valence-electron chi connectivity index (χ4n) is 4.26. The topological polar surface area (TPSA) is 83.9 Å². The van der Waals surface area contributed by atoms with Gasteiger partial charge >= 0.3 is 0 Å². The second-order valence-corrected chi connectivity index (χ2v) is 8.85. The molecule has 1 saturated carbocycles. The summed E-state index contributed by atoms with van der Waals surface area (Å²) in [6.45, 7) is 1.73. The number of hydrogen-bond donors (Lipinski definition) is 1. The maximum absolute atomic E-state index is 12.5. The molecular formula is C21H24N6OS. The summed E-state index contributed by atoms with van der Waals surface area (Å²) in [7, 11) is 0. The predicted molar refractivity (Wildman–Crippen MR) is 114 cm³/mol. The molecule has 3 aromatic rings. The Morgan fingerprint density at radius 3 is 2.55 bits per heavy atom. The molecule has 1 aliphatic carbocycles. The lowest BCUT2D eigenvalue weighted by atomic mass is 9.96. The van der Waals surface area contributed by atoms with Crippen LogP contribution >= 0.6 is 11.3 Å². The minimum absolute atomic E-state index is 0.129. The molecule has 5 rings (SSSR count). The van der Waals surface area contributed by atoms with Crippen molar-refractivity contribution >= 4 is 32.7 Å². The van der Waals surface area contributed by atoms with Gasteiger partial charge < -0.3 is 10.2 Å². The number of rotatable bonds is 4. The summed E-state index contributed by atoms with van der Waals surface area (Å²) >= 11 is 1.61. The average molecular weight is 409 g/mol. The molecule has 8 heteroatoms. The standard InChI is InChI=1S/C21H24N6OS/c28-19(24-16-3-1-2-4-16)14-7-9-27(10-8-14)21-26-18-6-5-17(25-20(18)29-21)15-11-22-13-23-12-15/h5-6,11-14,16H,1-4,7-10H2,(H,24,28). The van der Waals surface area contributed by atoms with Gasteiger partial charge in [-0.25, -0.2) is 19.9 Å². The van der Waals surface area contributed by atoms with Crippen molar-refractivity contribution in [1.82, 2.24) is 25.3 Å². The molecule has 2 fully saturated rings. The van der Waals surface area contributed by atoms with Crippen molar-refractivity contribution in [3.05, 3.63) is 30.9 Å². The molecule has 2 aliphatic rings. The molecule has 0 aromatic carbocycles. The molecule has 29 heavy (non-hydrogen) atoms. The van der Waals surface area contributed by atoms with E-state index in [9.17, 15) is 4.79 Å². The number of carbonyl (C=O) groups excluding carboxylic acids is 1. The number of fused-ring (bicyclic) bond motifs is 1. The van der Waals surface area contributed by atoms with Crippen molar-refractivity contribution in [3.8, 4) is 11.3 Å². The molecule has 7 nitrogen and oxygen atoms in total. The van der Waals surface area contributed by atoms with Crippen LogP contribution in [-0.4, -0.2) is 45.0 Å². The van der Waals surface area contributed by atoms with E-state index in [-0.39, 0.29) is 11.8 Å². The number of nitrogens with one attached hydrogen (secondary N) is 1. The van der Waals surface area contributed by atoms with Gasteiger partial charge in [0.2, 0.25) is 5.91 Å². The number of carbonyl (C=O) groups is 1. The number of pyridine rings is 1. The van der Waals surface area contributed by atoms with Crippen LogP contribution in [-0.2, 0) is 4.79 Å². The number of hydrogen-bond acceptors (Lipinski definition) is 7. The second-order valence-electron chi connectivity index (χ2n) is 7.90. The number of piperidine rings is 1. The fraction of sp³-hybridized carbons (Fsp3) is 0.476. The van der Waals surface area contributed by atoms with E-state index < -0.39 is 0 Å². The molecular weight excluding hydrogens is 384 g/mol. The summed E-state index contributed by atoms with van der Waals surface area (Å²) in [5.41, 5.74) is 2.67. The van der Waals surface area contributed by atoms with Crippen molar-refractivity contribution in [2.24, 2.45) is 5.92 Å². The number of aromatic nitrogens is 4. The molecule has 0 atom stereocenters. The quantitative estimate of drug-likeness (QED) is 0.712. The number of anilines is 1. The van der Waals surface area contributed by atoms with E-state index in [2.05, 4.69) is 20.2 Å². The van der Waals surface area contributed by atoms with E-state index in [1.165, 1.54) is 19.2 Å². The van der Waals surface area contributed by atoms with E-state index >= 15 is 0 Å². The molecule has 1 saturated heterocycles. The van der Waals surface area contributed by atoms with Crippen LogP contribution < -0.4 is 10.2 Å². The van der Waals surface area contributed by atoms with Crippen LogP contribution in [0.3, 0.4) is 0 Å². The third kappa shape index (κ3) is 3.94. The highest BCUT2D eigenvalue weighted by Crippen LogP contribution is 2.32. The Balaban J connectivity index is 1.25. The molecule has 1 amide bonds. The second kappa shape index (κ2) is 8.02. The molecule has 1 N–H and O–H groups in total. The Kier molecular flexibility index (Phi) is 5.10. The first-order chi connectivity index (χ1) is 14.3. The molecule has 1 aliphatic heterocycles. The lowest BCUT2D eigenvalue weighted by molar-refractivity contribution is -0.126. The van der Waals surface area contributed by atoms with Crippen LogP contribution in [0.25, 0.3) is 21.6 Å². The van der Waals surface area contributed by atoms with E-state index in [1.54, 1.807) is 23.7 Å². The fourth-order valence-corrected chi connectivity index (χ4v) is 5.25. The SMILES string of the molecule is O=C(NC1CCCC1)C1CCN(c2nc3ccc(-c4cncnc4)nc3s2)CC1. The van der Waals surface area contributed by atoms with Crippen LogP contribution in [0.5, 0.6) is 0 Å². The maximum atomic E-state index is 12.5. The van der Waals surface area contributed by atoms with Crippen molar-refractivity contribution < 1.29 is 4.79 Å². The van der Waals surface area contributed by atoms with Gasteiger partial charge in [0.05, 0.1) is 5.69 Å². The predicted octanol–water partition coefficient (Wildman–Crippen LogP) is 3.42. The first-order valence-electron chi connectivity index (χ1n) is 10.3. The summed E-state index contributed by atoms with van der Waals surface area (Å²) in [5.74, 6) is 0.376. The minimum Gasteiger partial charge on any atom is -0.353 e. The average Bonchev–Trinajstić information content (AvgIpc) is 3.43. The number of nitrogens with zero attached hydrogens (tertiary/aromatic N) is 5. The minimum atomic E-state index is 0.129. The van der Waals surface area contributed by atoms with Gasteiger partial charge in [-0.05, 0) is 37.8 Å². The third-order valence-corrected chi connectivity index (χ3v) is 6.96. The van der Waals surface area contributed by atoms with E-state index in [4.69, 9.17) is 9.97 Å². The monoisotopic (exact) mass is 408 g/mol. The summed E-state index contributed by atoms with van der Waals surface area (Å²) in [6, 6.07) is 4.37. The molecule has 0 bridgehead atoms. The van der Waals surface area contributed by atoms with E-state index in [1.807, 2.05) is 12.1 Å². The Hall–Kier alpha value is -2.61.